The van der Waals surface area contributed by atoms with Gasteiger partial charge in [-0.1, -0.05) is 13.8 Å². The molecule has 0 aliphatic heterocycles. The molecule has 3 nitrogen and oxygen atoms in total. The second-order valence-electron chi connectivity index (χ2n) is 4.35. The maximum atomic E-state index is 13.6. The molecule has 0 aliphatic carbocycles. The van der Waals surface area contributed by atoms with E-state index in [1.807, 2.05) is 0 Å². The number of carbonyl (C=O) groups is 1. The minimum absolute atomic E-state index is 0.0513. The smallest absolute Gasteiger partial charge is 0.323 e. The Kier molecular flexibility index (Phi) is 3.83. The molecule has 94 valence electrons. The molecule has 1 aromatic carbocycles. The number of nitrogens with two attached hydrogens (primary N) is 1. The maximum Gasteiger partial charge on any atom is 0.323 e. The molecule has 1 rings (SSSR count). The Bertz CT molecular complexity index is 433. The topological polar surface area (TPSA) is 52.3 Å². The molecule has 0 amide bonds. The largest absolute Gasteiger partial charge is 0.468 e. The number of ether oxygens (including phenoxy) is 1. The number of benzene rings is 1. The van der Waals surface area contributed by atoms with E-state index >= 15 is 0 Å². The molecule has 0 bridgehead atoms. The van der Waals surface area contributed by atoms with E-state index in [-0.39, 0.29) is 5.56 Å². The predicted octanol–water partition coefficient (Wildman–Crippen LogP) is 1.74. The van der Waals surface area contributed by atoms with Crippen LogP contribution >= 0.6 is 0 Å². The van der Waals surface area contributed by atoms with Crippen molar-refractivity contribution in [2.45, 2.75) is 25.3 Å². The predicted molar refractivity (Wildman–Crippen MR) is 59.4 cm³/mol. The summed E-state index contributed by atoms with van der Waals surface area (Å²) < 4.78 is 31.2. The highest BCUT2D eigenvalue weighted by atomic mass is 19.1. The van der Waals surface area contributed by atoms with Gasteiger partial charge >= 0.3 is 5.97 Å². The standard InChI is InChI=1S/C12H15F2NO2/c1-12(2,10(15)11(16)17-3)8-6-7(13)4-5-9(8)14/h4-6,10H,15H2,1-3H3. The monoisotopic (exact) mass is 243 g/mol. The van der Waals surface area contributed by atoms with E-state index < -0.39 is 29.1 Å². The van der Waals surface area contributed by atoms with E-state index in [4.69, 9.17) is 5.73 Å². The minimum atomic E-state index is -1.07. The normalized spacial score (nSPS) is 13.3. The first-order valence-corrected chi connectivity index (χ1v) is 5.09. The van der Waals surface area contributed by atoms with Crippen LogP contribution in [0.1, 0.15) is 19.4 Å². The number of methoxy groups -OCH3 is 1. The van der Waals surface area contributed by atoms with Crippen molar-refractivity contribution in [1.29, 1.82) is 0 Å². The second kappa shape index (κ2) is 4.79. The number of hydrogen-bond acceptors (Lipinski definition) is 3. The van der Waals surface area contributed by atoms with Gasteiger partial charge in [0, 0.05) is 5.41 Å². The number of carbonyl (C=O) groups excluding carboxylic acids is 1. The highest BCUT2D eigenvalue weighted by Gasteiger charge is 2.36. The summed E-state index contributed by atoms with van der Waals surface area (Å²) in [5.74, 6) is -1.85. The zero-order valence-corrected chi connectivity index (χ0v) is 9.96. The Balaban J connectivity index is 3.20. The van der Waals surface area contributed by atoms with E-state index in [2.05, 4.69) is 4.74 Å². The third-order valence-corrected chi connectivity index (χ3v) is 2.86. The van der Waals surface area contributed by atoms with Crippen molar-refractivity contribution in [2.75, 3.05) is 7.11 Å². The van der Waals surface area contributed by atoms with Crippen molar-refractivity contribution >= 4 is 5.97 Å². The van der Waals surface area contributed by atoms with Gasteiger partial charge < -0.3 is 10.5 Å². The quantitative estimate of drug-likeness (QED) is 0.823. The van der Waals surface area contributed by atoms with Crippen LogP contribution in [0, 0.1) is 11.6 Å². The Morgan fingerprint density at radius 3 is 2.53 bits per heavy atom. The van der Waals surface area contributed by atoms with E-state index in [0.717, 1.165) is 18.2 Å². The molecule has 0 aliphatic rings. The molecular formula is C12H15F2NO2. The molecule has 5 heteroatoms. The van der Waals surface area contributed by atoms with Gasteiger partial charge in [-0.3, -0.25) is 4.79 Å². The number of rotatable bonds is 3. The SMILES string of the molecule is COC(=O)C(N)C(C)(C)c1cc(F)ccc1F. The van der Waals surface area contributed by atoms with Gasteiger partial charge in [-0.05, 0) is 23.8 Å². The van der Waals surface area contributed by atoms with Gasteiger partial charge in [0.1, 0.15) is 17.7 Å². The van der Waals surface area contributed by atoms with Crippen LogP contribution in [0.25, 0.3) is 0 Å². The molecule has 0 saturated heterocycles. The first kappa shape index (κ1) is 13.6. The molecule has 2 N–H and O–H groups in total. The summed E-state index contributed by atoms with van der Waals surface area (Å²) in [7, 11) is 1.19. The summed E-state index contributed by atoms with van der Waals surface area (Å²) in [4.78, 5) is 11.4. The van der Waals surface area contributed by atoms with E-state index in [1.54, 1.807) is 13.8 Å². The summed E-state index contributed by atoms with van der Waals surface area (Å²) in [6, 6.07) is 2.00. The van der Waals surface area contributed by atoms with Crippen LogP contribution < -0.4 is 5.73 Å². The molecule has 0 spiro atoms. The summed E-state index contributed by atoms with van der Waals surface area (Å²) >= 11 is 0. The molecule has 1 atom stereocenters. The first-order chi connectivity index (χ1) is 7.80. The zero-order chi connectivity index (χ0) is 13.2. The maximum absolute atomic E-state index is 13.6. The lowest BCUT2D eigenvalue weighted by atomic mass is 9.78. The number of hydrogen-bond donors (Lipinski definition) is 1. The van der Waals surface area contributed by atoms with Crippen molar-refractivity contribution in [2.24, 2.45) is 5.73 Å². The average Bonchev–Trinajstić information content (AvgIpc) is 2.30. The fraction of sp³-hybridized carbons (Fsp3) is 0.417. The lowest BCUT2D eigenvalue weighted by Gasteiger charge is -2.30. The van der Waals surface area contributed by atoms with Gasteiger partial charge in [0.25, 0.3) is 0 Å². The molecule has 0 saturated carbocycles. The van der Waals surface area contributed by atoms with Gasteiger partial charge in [-0.2, -0.15) is 0 Å². The molecular weight excluding hydrogens is 228 g/mol. The van der Waals surface area contributed by atoms with Crippen LogP contribution in [0.5, 0.6) is 0 Å². The van der Waals surface area contributed by atoms with Gasteiger partial charge in [0.15, 0.2) is 0 Å². The van der Waals surface area contributed by atoms with Gasteiger partial charge in [-0.15, -0.1) is 0 Å². The van der Waals surface area contributed by atoms with Crippen LogP contribution in [0.3, 0.4) is 0 Å². The highest BCUT2D eigenvalue weighted by molar-refractivity contribution is 5.77. The molecule has 17 heavy (non-hydrogen) atoms. The van der Waals surface area contributed by atoms with E-state index in [0.29, 0.717) is 0 Å². The van der Waals surface area contributed by atoms with Crippen molar-refractivity contribution in [3.8, 4) is 0 Å². The Morgan fingerprint density at radius 2 is 2.00 bits per heavy atom. The third kappa shape index (κ3) is 2.61. The van der Waals surface area contributed by atoms with Crippen LogP contribution in [0.2, 0.25) is 0 Å². The molecule has 0 radical (unpaired) electrons. The van der Waals surface area contributed by atoms with Crippen molar-refractivity contribution in [3.05, 3.63) is 35.4 Å². The third-order valence-electron chi connectivity index (χ3n) is 2.86. The molecule has 1 aromatic rings. The molecule has 0 fully saturated rings. The summed E-state index contributed by atoms with van der Waals surface area (Å²) in [5, 5.41) is 0. The first-order valence-electron chi connectivity index (χ1n) is 5.09. The second-order valence-corrected chi connectivity index (χ2v) is 4.35. The minimum Gasteiger partial charge on any atom is -0.468 e. The van der Waals surface area contributed by atoms with Crippen LogP contribution in [-0.4, -0.2) is 19.1 Å². The summed E-state index contributed by atoms with van der Waals surface area (Å²) in [6.07, 6.45) is 0. The Morgan fingerprint density at radius 1 is 1.41 bits per heavy atom. The Labute approximate surface area is 98.6 Å². The van der Waals surface area contributed by atoms with Gasteiger partial charge in [-0.25, -0.2) is 8.78 Å². The summed E-state index contributed by atoms with van der Waals surface area (Å²) in [6.45, 7) is 3.12. The number of esters is 1. The fourth-order valence-corrected chi connectivity index (χ4v) is 1.58. The zero-order valence-electron chi connectivity index (χ0n) is 9.96. The van der Waals surface area contributed by atoms with Gasteiger partial charge in [0.05, 0.1) is 7.11 Å². The van der Waals surface area contributed by atoms with Crippen molar-refractivity contribution in [3.63, 3.8) is 0 Å². The Hall–Kier alpha value is -1.49. The van der Waals surface area contributed by atoms with Gasteiger partial charge in [0.2, 0.25) is 0 Å². The molecule has 0 aromatic heterocycles. The van der Waals surface area contributed by atoms with Crippen molar-refractivity contribution in [1.82, 2.24) is 0 Å². The van der Waals surface area contributed by atoms with Crippen LogP contribution in [0.15, 0.2) is 18.2 Å². The van der Waals surface area contributed by atoms with Crippen molar-refractivity contribution < 1.29 is 18.3 Å². The van der Waals surface area contributed by atoms with Crippen LogP contribution in [-0.2, 0) is 14.9 Å². The average molecular weight is 243 g/mol. The molecule has 0 heterocycles. The highest BCUT2D eigenvalue weighted by Crippen LogP contribution is 2.29. The van der Waals surface area contributed by atoms with Crippen LogP contribution in [0.4, 0.5) is 8.78 Å². The lowest BCUT2D eigenvalue weighted by Crippen LogP contribution is -2.48. The number of halogens is 2. The fourth-order valence-electron chi connectivity index (χ4n) is 1.58. The summed E-state index contributed by atoms with van der Waals surface area (Å²) in [5.41, 5.74) is 4.69. The van der Waals surface area contributed by atoms with E-state index in [9.17, 15) is 13.6 Å². The van der Waals surface area contributed by atoms with E-state index in [1.165, 1.54) is 7.11 Å². The molecule has 1 unspecified atom stereocenters. The lowest BCUT2D eigenvalue weighted by molar-refractivity contribution is -0.143.